The van der Waals surface area contributed by atoms with E-state index < -0.39 is 10.0 Å². The minimum absolute atomic E-state index is 0.00835. The monoisotopic (exact) mass is 394 g/mol. The lowest BCUT2D eigenvalue weighted by atomic mass is 9.88. The van der Waals surface area contributed by atoms with E-state index in [1.165, 1.54) is 12.1 Å². The molecule has 1 aliphatic carbocycles. The summed E-state index contributed by atoms with van der Waals surface area (Å²) in [6.45, 7) is 0.786. The van der Waals surface area contributed by atoms with Crippen LogP contribution in [-0.2, 0) is 16.4 Å². The van der Waals surface area contributed by atoms with E-state index in [4.69, 9.17) is 26.8 Å². The standard InChI is InChI=1S/C18H19ClN2O4S/c19-14-9-16-17(25-7-6-24-16)10-18(14)26(22,23)21-15-3-1-2-11-8-12(20)4-5-13(11)15/h4-5,8-10,15,21H,1-3,6-7,20H2. The highest BCUT2D eigenvalue weighted by Crippen LogP contribution is 2.38. The Hall–Kier alpha value is -1.96. The molecule has 0 saturated heterocycles. The Labute approximate surface area is 157 Å². The van der Waals surface area contributed by atoms with Crippen molar-refractivity contribution in [2.75, 3.05) is 18.9 Å². The van der Waals surface area contributed by atoms with Crippen LogP contribution in [0.25, 0.3) is 0 Å². The second-order valence-electron chi connectivity index (χ2n) is 6.45. The van der Waals surface area contributed by atoms with Crippen LogP contribution in [-0.4, -0.2) is 21.6 Å². The SMILES string of the molecule is Nc1ccc2c(c1)CCCC2NS(=O)(=O)c1cc2c(cc1Cl)OCCO2. The van der Waals surface area contributed by atoms with Gasteiger partial charge in [0, 0.05) is 23.9 Å². The van der Waals surface area contributed by atoms with E-state index in [0.717, 1.165) is 30.4 Å². The van der Waals surface area contributed by atoms with Crippen molar-refractivity contribution in [3.63, 3.8) is 0 Å². The average Bonchev–Trinajstić information content (AvgIpc) is 2.60. The average molecular weight is 395 g/mol. The summed E-state index contributed by atoms with van der Waals surface area (Å²) >= 11 is 6.21. The topological polar surface area (TPSA) is 90.7 Å². The highest BCUT2D eigenvalue weighted by Gasteiger charge is 2.29. The lowest BCUT2D eigenvalue weighted by Crippen LogP contribution is -2.31. The molecule has 6 nitrogen and oxygen atoms in total. The Morgan fingerprint density at radius 3 is 2.62 bits per heavy atom. The van der Waals surface area contributed by atoms with Crippen LogP contribution < -0.4 is 19.9 Å². The molecule has 26 heavy (non-hydrogen) atoms. The first-order valence-electron chi connectivity index (χ1n) is 8.44. The molecule has 0 amide bonds. The van der Waals surface area contributed by atoms with Gasteiger partial charge in [-0.25, -0.2) is 13.1 Å². The van der Waals surface area contributed by atoms with Crippen LogP contribution in [0.4, 0.5) is 5.69 Å². The van der Waals surface area contributed by atoms with Gasteiger partial charge in [-0.2, -0.15) is 0 Å². The first kappa shape index (κ1) is 17.5. The second kappa shape index (κ2) is 6.64. The zero-order chi connectivity index (χ0) is 18.3. The molecule has 1 aliphatic heterocycles. The molecular formula is C18H19ClN2O4S. The molecule has 138 valence electrons. The molecule has 2 aromatic rings. The summed E-state index contributed by atoms with van der Waals surface area (Å²) in [4.78, 5) is -0.00835. The molecule has 0 spiro atoms. The van der Waals surface area contributed by atoms with Gasteiger partial charge < -0.3 is 15.2 Å². The van der Waals surface area contributed by atoms with Crippen LogP contribution in [0.2, 0.25) is 5.02 Å². The molecule has 1 atom stereocenters. The van der Waals surface area contributed by atoms with E-state index in [1.54, 1.807) is 6.07 Å². The van der Waals surface area contributed by atoms with Crippen molar-refractivity contribution in [2.24, 2.45) is 0 Å². The smallest absolute Gasteiger partial charge is 0.242 e. The van der Waals surface area contributed by atoms with Gasteiger partial charge in [0.2, 0.25) is 10.0 Å². The summed E-state index contributed by atoms with van der Waals surface area (Å²) in [7, 11) is -3.83. The van der Waals surface area contributed by atoms with Crippen molar-refractivity contribution >= 4 is 27.3 Å². The quantitative estimate of drug-likeness (QED) is 0.781. The number of rotatable bonds is 3. The van der Waals surface area contributed by atoms with Crippen LogP contribution in [0.3, 0.4) is 0 Å². The van der Waals surface area contributed by atoms with E-state index in [-0.39, 0.29) is 16.0 Å². The molecule has 8 heteroatoms. The van der Waals surface area contributed by atoms with Gasteiger partial charge in [-0.3, -0.25) is 0 Å². The summed E-state index contributed by atoms with van der Waals surface area (Å²) in [5.74, 6) is 0.844. The number of nitrogens with two attached hydrogens (primary N) is 1. The largest absolute Gasteiger partial charge is 0.486 e. The first-order chi connectivity index (χ1) is 12.4. The van der Waals surface area contributed by atoms with Crippen molar-refractivity contribution in [3.05, 3.63) is 46.5 Å². The molecule has 0 fully saturated rings. The van der Waals surface area contributed by atoms with Gasteiger partial charge in [0.05, 0.1) is 5.02 Å². The number of fused-ring (bicyclic) bond motifs is 2. The number of nitrogen functional groups attached to an aromatic ring is 1. The molecule has 0 radical (unpaired) electrons. The molecule has 4 rings (SSSR count). The summed E-state index contributed by atoms with van der Waals surface area (Å²) in [5.41, 5.74) is 8.57. The summed E-state index contributed by atoms with van der Waals surface area (Å²) < 4.78 is 39.6. The molecule has 1 heterocycles. The first-order valence-corrected chi connectivity index (χ1v) is 10.3. The minimum Gasteiger partial charge on any atom is -0.486 e. The van der Waals surface area contributed by atoms with Gasteiger partial charge in [0.1, 0.15) is 18.1 Å². The van der Waals surface area contributed by atoms with E-state index >= 15 is 0 Å². The zero-order valence-electron chi connectivity index (χ0n) is 14.0. The third-order valence-corrected chi connectivity index (χ3v) is 6.60. The zero-order valence-corrected chi connectivity index (χ0v) is 15.6. The maximum Gasteiger partial charge on any atom is 0.242 e. The molecule has 0 aromatic heterocycles. The second-order valence-corrected chi connectivity index (χ2v) is 8.54. The number of ether oxygens (including phenoxy) is 2. The predicted molar refractivity (Wildman–Crippen MR) is 99.3 cm³/mol. The molecule has 0 bridgehead atoms. The third kappa shape index (κ3) is 3.22. The van der Waals surface area contributed by atoms with Crippen molar-refractivity contribution in [1.29, 1.82) is 0 Å². The Morgan fingerprint density at radius 2 is 1.85 bits per heavy atom. The van der Waals surface area contributed by atoms with Crippen LogP contribution in [0.5, 0.6) is 11.5 Å². The van der Waals surface area contributed by atoms with Gasteiger partial charge in [-0.15, -0.1) is 0 Å². The van der Waals surface area contributed by atoms with Gasteiger partial charge in [0.15, 0.2) is 11.5 Å². The number of anilines is 1. The number of benzene rings is 2. The van der Waals surface area contributed by atoms with E-state index in [1.807, 2.05) is 12.1 Å². The van der Waals surface area contributed by atoms with E-state index in [9.17, 15) is 8.42 Å². The Kier molecular flexibility index (Phi) is 4.46. The molecular weight excluding hydrogens is 376 g/mol. The molecule has 0 saturated carbocycles. The fourth-order valence-electron chi connectivity index (χ4n) is 3.46. The van der Waals surface area contributed by atoms with Gasteiger partial charge in [-0.1, -0.05) is 17.7 Å². The Balaban J connectivity index is 1.67. The van der Waals surface area contributed by atoms with Crippen molar-refractivity contribution < 1.29 is 17.9 Å². The minimum atomic E-state index is -3.83. The van der Waals surface area contributed by atoms with Gasteiger partial charge in [-0.05, 0) is 42.5 Å². The normalized spacial score (nSPS) is 19.0. The number of hydrogen-bond acceptors (Lipinski definition) is 5. The van der Waals surface area contributed by atoms with Crippen LogP contribution in [0.15, 0.2) is 35.2 Å². The lowest BCUT2D eigenvalue weighted by Gasteiger charge is -2.27. The number of hydrogen-bond donors (Lipinski definition) is 2. The van der Waals surface area contributed by atoms with Crippen molar-refractivity contribution in [1.82, 2.24) is 4.72 Å². The van der Waals surface area contributed by atoms with E-state index in [0.29, 0.717) is 30.4 Å². The number of sulfonamides is 1. The third-order valence-electron chi connectivity index (χ3n) is 4.66. The van der Waals surface area contributed by atoms with Crippen molar-refractivity contribution in [2.45, 2.75) is 30.2 Å². The molecule has 3 N–H and O–H groups in total. The predicted octanol–water partition coefficient (Wildman–Crippen LogP) is 3.05. The Morgan fingerprint density at radius 1 is 1.12 bits per heavy atom. The lowest BCUT2D eigenvalue weighted by molar-refractivity contribution is 0.171. The highest BCUT2D eigenvalue weighted by molar-refractivity contribution is 7.89. The molecule has 2 aliphatic rings. The maximum atomic E-state index is 13.0. The number of nitrogens with one attached hydrogen (secondary N) is 1. The maximum absolute atomic E-state index is 13.0. The fourth-order valence-corrected chi connectivity index (χ4v) is 5.24. The Bertz CT molecular complexity index is 962. The van der Waals surface area contributed by atoms with Crippen LogP contribution in [0.1, 0.15) is 30.0 Å². The van der Waals surface area contributed by atoms with Gasteiger partial charge in [0.25, 0.3) is 0 Å². The summed E-state index contributed by atoms with van der Waals surface area (Å²) in [6, 6.07) is 8.19. The van der Waals surface area contributed by atoms with Gasteiger partial charge >= 0.3 is 0 Å². The summed E-state index contributed by atoms with van der Waals surface area (Å²) in [5, 5.41) is 0.107. The van der Waals surface area contributed by atoms with Crippen LogP contribution >= 0.6 is 11.6 Å². The number of halogens is 1. The highest BCUT2D eigenvalue weighted by atomic mass is 35.5. The van der Waals surface area contributed by atoms with Crippen LogP contribution in [0, 0.1) is 0 Å². The number of aryl methyl sites for hydroxylation is 1. The van der Waals surface area contributed by atoms with E-state index in [2.05, 4.69) is 4.72 Å². The molecule has 1 unspecified atom stereocenters. The van der Waals surface area contributed by atoms with Crippen molar-refractivity contribution in [3.8, 4) is 11.5 Å². The fraction of sp³-hybridized carbons (Fsp3) is 0.333. The summed E-state index contributed by atoms with van der Waals surface area (Å²) in [6.07, 6.45) is 2.50. The molecule has 2 aromatic carbocycles.